The van der Waals surface area contributed by atoms with Crippen molar-refractivity contribution in [1.29, 1.82) is 0 Å². The summed E-state index contributed by atoms with van der Waals surface area (Å²) in [4.78, 5) is 0. The highest BCUT2D eigenvalue weighted by molar-refractivity contribution is 7.26. The summed E-state index contributed by atoms with van der Waals surface area (Å²) in [6.45, 7) is 0. The van der Waals surface area contributed by atoms with E-state index < -0.39 is 0 Å². The quantitative estimate of drug-likeness (QED) is 0.120. The van der Waals surface area contributed by atoms with Gasteiger partial charge in [-0.1, -0.05) is 334 Å². The van der Waals surface area contributed by atoms with Crippen LogP contribution >= 0.6 is 11.3 Å². The van der Waals surface area contributed by atoms with Crippen molar-refractivity contribution in [2.45, 2.75) is 0 Å². The fraction of sp³-hybridized carbons (Fsp3) is 0. The second-order valence-corrected chi connectivity index (χ2v) is 32.7. The molecule has 0 fully saturated rings. The summed E-state index contributed by atoms with van der Waals surface area (Å²) in [7, 11) is 0. The van der Waals surface area contributed by atoms with E-state index >= 15 is 0 Å². The van der Waals surface area contributed by atoms with E-state index in [4.69, 9.17) is 4.42 Å². The first kappa shape index (κ1) is 67.7. The zero-order valence-corrected chi connectivity index (χ0v) is 65.8. The zero-order chi connectivity index (χ0) is 78.6. The Balaban J connectivity index is 0.567. The summed E-state index contributed by atoms with van der Waals surface area (Å²) < 4.78 is 19.7. The van der Waals surface area contributed by atoms with Gasteiger partial charge in [-0.25, -0.2) is 0 Å². The van der Waals surface area contributed by atoms with Crippen molar-refractivity contribution >= 4 is 141 Å². The molecule has 0 N–H and O–H groups in total. The van der Waals surface area contributed by atoms with Gasteiger partial charge >= 0.3 is 0 Å². The van der Waals surface area contributed by atoms with Gasteiger partial charge < -0.3 is 22.7 Å². The van der Waals surface area contributed by atoms with Crippen LogP contribution in [0.5, 0.6) is 0 Å². The number of furan rings is 1. The topological polar surface area (TPSA) is 32.9 Å². The molecular weight excluding hydrogens is 1470 g/mol. The summed E-state index contributed by atoms with van der Waals surface area (Å²) in [5.41, 5.74) is 33.9. The molecule has 0 aliphatic rings. The van der Waals surface area contributed by atoms with Gasteiger partial charge in [-0.05, 0) is 163 Å². The minimum atomic E-state index is 0.841. The largest absolute Gasteiger partial charge is 0.454 e. The average Bonchev–Trinajstić information content (AvgIpc) is 1.55. The Hall–Kier alpha value is -15.6. The van der Waals surface area contributed by atoms with Crippen molar-refractivity contribution in [1.82, 2.24) is 18.3 Å². The third-order valence-corrected chi connectivity index (χ3v) is 26.4. The lowest BCUT2D eigenvalue weighted by Gasteiger charge is -2.17. The van der Waals surface area contributed by atoms with Gasteiger partial charge in [0, 0.05) is 86.0 Å². The van der Waals surface area contributed by atoms with Crippen LogP contribution in [0.4, 0.5) is 0 Å². The van der Waals surface area contributed by atoms with Crippen LogP contribution in [0.3, 0.4) is 0 Å². The molecule has 0 atom stereocenters. The fourth-order valence-electron chi connectivity index (χ4n) is 19.9. The minimum absolute atomic E-state index is 0.841. The standard InChI is InChI=1S/C114H70N4OS/c1-3-27-72(28-4-1)81-35-7-15-46-96(81)115-98-48-17-9-37-85(98)88-61-59-78(69-105(88)115)79-60-62-89-86-38-10-18-49-99(86)117(106(89)70-79)103-65-63-84(110-94-41-13-21-53-107(94)119-113(103)110)80-34-24-33-77(68-80)76-32-23-31-75(67-76)71-55-57-74(58-56-71)82-36-8-16-47-97(82)118-100-50-19-11-39-87(100)91-44-25-45-92(112(91)118)90-43-26-52-102-109(90)93-40-12-20-51-101(93)116(102)104-66-64-83(73-29-5-2-6-30-73)111-95-42-14-22-54-108(95)120-114(104)111/h1-70H. The molecule has 0 aliphatic heterocycles. The molecule has 0 spiro atoms. The number of para-hydroxylation sites is 8. The molecule has 19 aromatic carbocycles. The Morgan fingerprint density at radius 3 is 1.24 bits per heavy atom. The predicted molar refractivity (Wildman–Crippen MR) is 507 cm³/mol. The van der Waals surface area contributed by atoms with Crippen LogP contribution in [-0.2, 0) is 0 Å². The van der Waals surface area contributed by atoms with Gasteiger partial charge in [0.05, 0.1) is 71.6 Å². The second-order valence-electron chi connectivity index (χ2n) is 31.7. The highest BCUT2D eigenvalue weighted by atomic mass is 32.1. The van der Waals surface area contributed by atoms with Crippen LogP contribution in [0.2, 0.25) is 0 Å². The van der Waals surface area contributed by atoms with Crippen molar-refractivity contribution in [3.63, 3.8) is 0 Å². The summed E-state index contributed by atoms with van der Waals surface area (Å²) in [5, 5.41) is 14.4. The van der Waals surface area contributed by atoms with Crippen LogP contribution in [0.15, 0.2) is 429 Å². The van der Waals surface area contributed by atoms with Crippen LogP contribution in [0, 0.1) is 0 Å². The third kappa shape index (κ3) is 10.4. The molecule has 0 bridgehead atoms. The van der Waals surface area contributed by atoms with E-state index in [1.807, 2.05) is 11.3 Å². The average molecular weight is 1540 g/mol. The summed E-state index contributed by atoms with van der Waals surface area (Å²) in [6.07, 6.45) is 0. The number of nitrogens with zero attached hydrogens (tertiary/aromatic N) is 4. The highest BCUT2D eigenvalue weighted by Crippen LogP contribution is 2.51. The van der Waals surface area contributed by atoms with E-state index in [1.54, 1.807) is 0 Å². The van der Waals surface area contributed by atoms with Crippen molar-refractivity contribution < 1.29 is 4.42 Å². The lowest BCUT2D eigenvalue weighted by Crippen LogP contribution is -1.99. The molecule has 120 heavy (non-hydrogen) atoms. The second kappa shape index (κ2) is 27.0. The van der Waals surface area contributed by atoms with Crippen LogP contribution in [0.1, 0.15) is 0 Å². The first-order valence-electron chi connectivity index (χ1n) is 41.2. The van der Waals surface area contributed by atoms with Crippen LogP contribution in [0.25, 0.3) is 241 Å². The van der Waals surface area contributed by atoms with Crippen molar-refractivity contribution in [3.8, 4) is 112 Å². The van der Waals surface area contributed by atoms with Gasteiger partial charge in [0.2, 0.25) is 0 Å². The first-order chi connectivity index (χ1) is 59.6. The molecule has 0 unspecified atom stereocenters. The monoisotopic (exact) mass is 1540 g/mol. The molecule has 5 nitrogen and oxygen atoms in total. The summed E-state index contributed by atoms with van der Waals surface area (Å²) in [6, 6.07) is 157. The number of hydrogen-bond donors (Lipinski definition) is 0. The molecule has 25 rings (SSSR count). The molecule has 6 heterocycles. The first-order valence-corrected chi connectivity index (χ1v) is 42.0. The van der Waals surface area contributed by atoms with Gasteiger partial charge in [-0.3, -0.25) is 0 Å². The van der Waals surface area contributed by atoms with Gasteiger partial charge in [0.15, 0.2) is 5.58 Å². The minimum Gasteiger partial charge on any atom is -0.454 e. The van der Waals surface area contributed by atoms with Gasteiger partial charge in [-0.2, -0.15) is 0 Å². The molecule has 6 heteroatoms. The van der Waals surface area contributed by atoms with E-state index in [0.717, 1.165) is 117 Å². The maximum Gasteiger partial charge on any atom is 0.160 e. The lowest BCUT2D eigenvalue weighted by molar-refractivity contribution is 0.666. The Morgan fingerprint density at radius 1 is 0.183 bits per heavy atom. The molecule has 558 valence electrons. The zero-order valence-electron chi connectivity index (χ0n) is 65.0. The van der Waals surface area contributed by atoms with Crippen LogP contribution < -0.4 is 0 Å². The molecule has 0 saturated heterocycles. The smallest absolute Gasteiger partial charge is 0.160 e. The molecule has 25 aromatic rings. The predicted octanol–water partition coefficient (Wildman–Crippen LogP) is 31.7. The Labute approximate surface area is 694 Å². The SMILES string of the molecule is c1ccc(-c2ccccc2-n2c3ccccc3c3ccc(-c4ccc5c6ccccc6n(-c6ccc(-c7cccc(-c8cccc(-c9ccc(-c%10ccccc%10-n%10c%11ccccc%11c%11cccc(-c%12cccc%13c%12c%12ccccc%12n%13-c%12ccc(-c%13ccccc%13)c%13c%12sc%12ccccc%12%13)c%11%10)cc9)c8)c7)c7c6oc6ccccc67)c5c4)cc32)cc1. The molecule has 0 aliphatic carbocycles. The number of hydrogen-bond acceptors (Lipinski definition) is 2. The number of thiophene rings is 1. The van der Waals surface area contributed by atoms with Crippen molar-refractivity contribution in [2.75, 3.05) is 0 Å². The molecule has 0 saturated carbocycles. The number of fused-ring (bicyclic) bond motifs is 18. The van der Waals surface area contributed by atoms with Gasteiger partial charge in [0.1, 0.15) is 5.58 Å². The van der Waals surface area contributed by atoms with E-state index in [0.29, 0.717) is 0 Å². The maximum atomic E-state index is 7.19. The van der Waals surface area contributed by atoms with E-state index in [-0.39, 0.29) is 0 Å². The maximum absolute atomic E-state index is 7.19. The highest BCUT2D eigenvalue weighted by Gasteiger charge is 2.28. The van der Waals surface area contributed by atoms with Gasteiger partial charge in [0.25, 0.3) is 0 Å². The Morgan fingerprint density at radius 2 is 0.575 bits per heavy atom. The fourth-order valence-corrected chi connectivity index (χ4v) is 21.2. The van der Waals surface area contributed by atoms with E-state index in [9.17, 15) is 0 Å². The molecule has 0 amide bonds. The van der Waals surface area contributed by atoms with Crippen molar-refractivity contribution in [3.05, 3.63) is 425 Å². The number of aromatic nitrogens is 4. The van der Waals surface area contributed by atoms with E-state index in [2.05, 4.69) is 443 Å². The normalized spacial score (nSPS) is 12.0. The lowest BCUT2D eigenvalue weighted by atomic mass is 9.93. The third-order valence-electron chi connectivity index (χ3n) is 25.2. The Bertz CT molecular complexity index is 8540. The number of benzene rings is 19. The molecule has 0 radical (unpaired) electrons. The van der Waals surface area contributed by atoms with E-state index in [1.165, 1.54) is 124 Å². The van der Waals surface area contributed by atoms with Gasteiger partial charge in [-0.15, -0.1) is 11.3 Å². The number of rotatable bonds is 12. The van der Waals surface area contributed by atoms with Crippen molar-refractivity contribution in [2.24, 2.45) is 0 Å². The molecular formula is C114H70N4OS. The summed E-state index contributed by atoms with van der Waals surface area (Å²) in [5.74, 6) is 0. The Kier molecular flexibility index (Phi) is 15.2. The van der Waals surface area contributed by atoms with Crippen LogP contribution in [-0.4, -0.2) is 18.3 Å². The molecule has 6 aromatic heterocycles. The summed E-state index contributed by atoms with van der Waals surface area (Å²) >= 11 is 1.89.